The molecule has 0 saturated heterocycles. The molecule has 23 heavy (non-hydrogen) atoms. The van der Waals surface area contributed by atoms with Gasteiger partial charge < -0.3 is 15.0 Å². The number of benzene rings is 2. The monoisotopic (exact) mass is 309 g/mol. The molecule has 0 saturated carbocycles. The lowest BCUT2D eigenvalue weighted by molar-refractivity contribution is 0.148. The first kappa shape index (κ1) is 15.1. The highest BCUT2D eigenvalue weighted by atomic mass is 16.5. The summed E-state index contributed by atoms with van der Waals surface area (Å²) >= 11 is 0. The molecule has 5 heteroatoms. The number of imidazole rings is 1. The molecule has 3 aromatic rings. The molecule has 0 aliphatic rings. The Bertz CT molecular complexity index is 750. The summed E-state index contributed by atoms with van der Waals surface area (Å²) < 4.78 is 5.01. The first-order valence-corrected chi connectivity index (χ1v) is 7.68. The molecule has 0 aliphatic heterocycles. The number of fused-ring (bicyclic) bond motifs is 1. The molecule has 0 bridgehead atoms. The fourth-order valence-corrected chi connectivity index (χ4v) is 2.55. The van der Waals surface area contributed by atoms with Crippen LogP contribution in [0.2, 0.25) is 0 Å². The number of amides is 1. The van der Waals surface area contributed by atoms with Gasteiger partial charge in [0.1, 0.15) is 5.82 Å². The van der Waals surface area contributed by atoms with Gasteiger partial charge in [0.05, 0.1) is 23.7 Å². The maximum absolute atomic E-state index is 11.8. The lowest BCUT2D eigenvalue weighted by atomic mass is 10.0. The number of para-hydroxylation sites is 2. The average molecular weight is 309 g/mol. The quantitative estimate of drug-likeness (QED) is 0.757. The summed E-state index contributed by atoms with van der Waals surface area (Å²) in [7, 11) is 0. The van der Waals surface area contributed by atoms with E-state index in [1.165, 1.54) is 0 Å². The largest absolute Gasteiger partial charge is 0.450 e. The van der Waals surface area contributed by atoms with E-state index in [2.05, 4.69) is 15.3 Å². The van der Waals surface area contributed by atoms with Crippen LogP contribution in [0.3, 0.4) is 0 Å². The van der Waals surface area contributed by atoms with Crippen molar-refractivity contribution in [1.82, 2.24) is 15.3 Å². The lowest BCUT2D eigenvalue weighted by Gasteiger charge is -2.17. The van der Waals surface area contributed by atoms with Crippen molar-refractivity contribution in [2.24, 2.45) is 0 Å². The van der Waals surface area contributed by atoms with Gasteiger partial charge in [0.25, 0.3) is 0 Å². The summed E-state index contributed by atoms with van der Waals surface area (Å²) in [5.41, 5.74) is 2.93. The van der Waals surface area contributed by atoms with Crippen molar-refractivity contribution in [3.8, 4) is 0 Å². The second kappa shape index (κ2) is 6.96. The van der Waals surface area contributed by atoms with E-state index in [9.17, 15) is 4.79 Å². The number of alkyl carbamates (subject to hydrolysis) is 1. The Balaban J connectivity index is 1.84. The highest BCUT2D eigenvalue weighted by molar-refractivity contribution is 5.74. The minimum Gasteiger partial charge on any atom is -0.450 e. The summed E-state index contributed by atoms with van der Waals surface area (Å²) in [6.07, 6.45) is 0.148. The van der Waals surface area contributed by atoms with Crippen molar-refractivity contribution < 1.29 is 9.53 Å². The normalized spacial score (nSPS) is 12.0. The van der Waals surface area contributed by atoms with Gasteiger partial charge in [0.2, 0.25) is 0 Å². The van der Waals surface area contributed by atoms with Gasteiger partial charge >= 0.3 is 6.09 Å². The topological polar surface area (TPSA) is 67.0 Å². The molecular formula is C18H19N3O2. The van der Waals surface area contributed by atoms with Gasteiger partial charge in [-0.1, -0.05) is 42.5 Å². The zero-order valence-electron chi connectivity index (χ0n) is 13.0. The molecule has 1 unspecified atom stereocenters. The second-order valence-corrected chi connectivity index (χ2v) is 5.23. The van der Waals surface area contributed by atoms with E-state index in [-0.39, 0.29) is 6.04 Å². The molecule has 118 valence electrons. The molecule has 0 aliphatic carbocycles. The number of hydrogen-bond acceptors (Lipinski definition) is 3. The van der Waals surface area contributed by atoms with Crippen LogP contribution >= 0.6 is 0 Å². The number of H-pyrrole nitrogens is 1. The molecule has 1 atom stereocenters. The van der Waals surface area contributed by atoms with Gasteiger partial charge in [0.15, 0.2) is 0 Å². The van der Waals surface area contributed by atoms with Gasteiger partial charge in [0, 0.05) is 6.42 Å². The van der Waals surface area contributed by atoms with Crippen molar-refractivity contribution in [2.75, 3.05) is 6.61 Å². The van der Waals surface area contributed by atoms with E-state index in [1.807, 2.05) is 54.6 Å². The number of nitrogens with zero attached hydrogens (tertiary/aromatic N) is 1. The number of carbonyl (C=O) groups is 1. The first-order chi connectivity index (χ1) is 11.3. The molecular weight excluding hydrogens is 290 g/mol. The third-order valence-electron chi connectivity index (χ3n) is 3.61. The summed E-state index contributed by atoms with van der Waals surface area (Å²) in [5.74, 6) is 0.830. The van der Waals surface area contributed by atoms with Gasteiger partial charge in [-0.25, -0.2) is 9.78 Å². The summed E-state index contributed by atoms with van der Waals surface area (Å²) in [6.45, 7) is 2.13. The van der Waals surface area contributed by atoms with Crippen molar-refractivity contribution in [2.45, 2.75) is 19.4 Å². The number of hydrogen-bond donors (Lipinski definition) is 2. The number of carbonyl (C=O) groups excluding carboxylic acids is 1. The van der Waals surface area contributed by atoms with Gasteiger partial charge in [-0.2, -0.15) is 0 Å². The maximum atomic E-state index is 11.8. The highest BCUT2D eigenvalue weighted by Gasteiger charge is 2.17. The third kappa shape index (κ3) is 3.69. The summed E-state index contributed by atoms with van der Waals surface area (Å²) in [4.78, 5) is 19.7. The predicted molar refractivity (Wildman–Crippen MR) is 89.1 cm³/mol. The fraction of sp³-hybridized carbons (Fsp3) is 0.222. The average Bonchev–Trinajstić information content (AvgIpc) is 2.97. The van der Waals surface area contributed by atoms with Crippen LogP contribution in [0.5, 0.6) is 0 Å². The molecule has 5 nitrogen and oxygen atoms in total. The van der Waals surface area contributed by atoms with Crippen LogP contribution in [0.1, 0.15) is 24.4 Å². The van der Waals surface area contributed by atoms with Crippen LogP contribution in [0.15, 0.2) is 54.6 Å². The Hall–Kier alpha value is -2.82. The third-order valence-corrected chi connectivity index (χ3v) is 3.61. The zero-order chi connectivity index (χ0) is 16.1. The van der Waals surface area contributed by atoms with Crippen LogP contribution in [0.25, 0.3) is 11.0 Å². The Morgan fingerprint density at radius 3 is 2.65 bits per heavy atom. The first-order valence-electron chi connectivity index (χ1n) is 7.68. The van der Waals surface area contributed by atoms with E-state index >= 15 is 0 Å². The molecule has 1 aromatic heterocycles. The van der Waals surface area contributed by atoms with E-state index in [1.54, 1.807) is 6.92 Å². The number of aromatic nitrogens is 2. The van der Waals surface area contributed by atoms with Gasteiger partial charge in [-0.3, -0.25) is 0 Å². The molecule has 1 amide bonds. The molecule has 3 rings (SSSR count). The molecule has 0 spiro atoms. The van der Waals surface area contributed by atoms with E-state index in [4.69, 9.17) is 4.74 Å². The number of nitrogens with one attached hydrogen (secondary N) is 2. The molecule has 0 fully saturated rings. The van der Waals surface area contributed by atoms with Crippen LogP contribution in [0, 0.1) is 0 Å². The highest BCUT2D eigenvalue weighted by Crippen LogP contribution is 2.19. The van der Waals surface area contributed by atoms with Crippen LogP contribution in [0.4, 0.5) is 4.79 Å². The van der Waals surface area contributed by atoms with Crippen LogP contribution in [-0.4, -0.2) is 22.7 Å². The van der Waals surface area contributed by atoms with Crippen molar-refractivity contribution in [3.63, 3.8) is 0 Å². The molecule has 2 aromatic carbocycles. The number of ether oxygens (including phenoxy) is 1. The Morgan fingerprint density at radius 1 is 1.17 bits per heavy atom. The smallest absolute Gasteiger partial charge is 0.407 e. The Morgan fingerprint density at radius 2 is 1.91 bits per heavy atom. The standard InChI is InChI=1S/C18H19N3O2/c1-2-23-18(22)21-16(13-8-4-3-5-9-13)12-17-19-14-10-6-7-11-15(14)20-17/h3-11,16H,2,12H2,1H3,(H,19,20)(H,21,22). The summed E-state index contributed by atoms with van der Waals surface area (Å²) in [6, 6.07) is 17.5. The minimum absolute atomic E-state index is 0.198. The van der Waals surface area contributed by atoms with E-state index < -0.39 is 6.09 Å². The van der Waals surface area contributed by atoms with Gasteiger partial charge in [-0.05, 0) is 24.6 Å². The van der Waals surface area contributed by atoms with Crippen molar-refractivity contribution in [3.05, 3.63) is 66.0 Å². The molecule has 0 radical (unpaired) electrons. The van der Waals surface area contributed by atoms with Crippen molar-refractivity contribution in [1.29, 1.82) is 0 Å². The number of rotatable bonds is 5. The van der Waals surface area contributed by atoms with E-state index in [0.717, 1.165) is 22.4 Å². The second-order valence-electron chi connectivity index (χ2n) is 5.23. The zero-order valence-corrected chi connectivity index (χ0v) is 13.0. The summed E-state index contributed by atoms with van der Waals surface area (Å²) in [5, 5.41) is 2.91. The van der Waals surface area contributed by atoms with Gasteiger partial charge in [-0.15, -0.1) is 0 Å². The van der Waals surface area contributed by atoms with Crippen LogP contribution < -0.4 is 5.32 Å². The molecule has 1 heterocycles. The Kier molecular flexibility index (Phi) is 4.57. The fourth-order valence-electron chi connectivity index (χ4n) is 2.55. The minimum atomic E-state index is -0.419. The Labute approximate surface area is 134 Å². The maximum Gasteiger partial charge on any atom is 0.407 e. The van der Waals surface area contributed by atoms with Crippen molar-refractivity contribution >= 4 is 17.1 Å². The SMILES string of the molecule is CCOC(=O)NC(Cc1nc2ccccc2[nH]1)c1ccccc1. The number of aromatic amines is 1. The lowest BCUT2D eigenvalue weighted by Crippen LogP contribution is -2.30. The van der Waals surface area contributed by atoms with E-state index in [0.29, 0.717) is 13.0 Å². The predicted octanol–water partition coefficient (Wildman–Crippen LogP) is 3.59. The van der Waals surface area contributed by atoms with Crippen LogP contribution in [-0.2, 0) is 11.2 Å². The molecule has 2 N–H and O–H groups in total.